The maximum atomic E-state index is 13.3. The molecule has 1 aliphatic heterocycles. The average Bonchev–Trinajstić information content (AvgIpc) is 2.98. The predicted molar refractivity (Wildman–Crippen MR) is 113 cm³/mol. The molecule has 1 amide bonds. The van der Waals surface area contributed by atoms with E-state index >= 15 is 0 Å². The van der Waals surface area contributed by atoms with Gasteiger partial charge in [0.2, 0.25) is 5.76 Å². The Labute approximate surface area is 175 Å². The normalized spacial score (nSPS) is 15.5. The number of nitrogens with zero attached hydrogens (tertiary/aromatic N) is 1. The first-order chi connectivity index (χ1) is 14.0. The lowest BCUT2D eigenvalue weighted by Crippen LogP contribution is -2.25. The van der Waals surface area contributed by atoms with Gasteiger partial charge in [0.25, 0.3) is 5.91 Å². The minimum Gasteiger partial charge on any atom is -0.493 e. The van der Waals surface area contributed by atoms with E-state index in [9.17, 15) is 9.59 Å². The Kier molecular flexibility index (Phi) is 4.92. The molecule has 0 radical (unpaired) electrons. The highest BCUT2D eigenvalue weighted by Crippen LogP contribution is 2.40. The molecule has 1 unspecified atom stereocenters. The highest BCUT2D eigenvalue weighted by molar-refractivity contribution is 9.10. The summed E-state index contributed by atoms with van der Waals surface area (Å²) in [5, 5.41) is 0.420. The fraction of sp³-hybridized carbons (Fsp3) is 0.182. The Bertz CT molecular complexity index is 1200. The SMILES string of the molecule is C=CCOc1ccc(C2c3c(oc4ccc(Br)cc4c3=O)C(=O)N2C)cc1OC. The van der Waals surface area contributed by atoms with Crippen molar-refractivity contribution in [3.63, 3.8) is 0 Å². The van der Waals surface area contributed by atoms with E-state index in [4.69, 9.17) is 13.9 Å². The number of carbonyl (C=O) groups is 1. The van der Waals surface area contributed by atoms with E-state index < -0.39 is 6.04 Å². The van der Waals surface area contributed by atoms with Crippen LogP contribution in [0.2, 0.25) is 0 Å². The van der Waals surface area contributed by atoms with Crippen molar-refractivity contribution in [2.24, 2.45) is 0 Å². The van der Waals surface area contributed by atoms with Crippen molar-refractivity contribution in [2.45, 2.75) is 6.04 Å². The molecule has 2 aromatic carbocycles. The molecule has 0 saturated carbocycles. The number of ether oxygens (including phenoxy) is 2. The van der Waals surface area contributed by atoms with Crippen molar-refractivity contribution < 1.29 is 18.7 Å². The third-order valence-corrected chi connectivity index (χ3v) is 5.42. The second-order valence-corrected chi connectivity index (χ2v) is 7.56. The minimum atomic E-state index is -0.584. The van der Waals surface area contributed by atoms with Crippen molar-refractivity contribution in [3.05, 3.63) is 80.6 Å². The molecule has 0 spiro atoms. The van der Waals surface area contributed by atoms with E-state index in [1.165, 1.54) is 12.0 Å². The third kappa shape index (κ3) is 3.11. The van der Waals surface area contributed by atoms with E-state index in [1.54, 1.807) is 43.5 Å². The molecule has 1 atom stereocenters. The molecule has 1 aromatic heterocycles. The molecule has 7 heteroatoms. The largest absolute Gasteiger partial charge is 0.493 e. The van der Waals surface area contributed by atoms with Crippen molar-refractivity contribution in [1.29, 1.82) is 0 Å². The molecule has 0 saturated heterocycles. The van der Waals surface area contributed by atoms with Gasteiger partial charge in [-0.2, -0.15) is 0 Å². The molecular formula is C22H18BrNO5. The van der Waals surface area contributed by atoms with Crippen LogP contribution in [-0.4, -0.2) is 31.6 Å². The van der Waals surface area contributed by atoms with E-state index in [-0.39, 0.29) is 17.1 Å². The highest BCUT2D eigenvalue weighted by Gasteiger charge is 2.41. The molecule has 0 N–H and O–H groups in total. The van der Waals surface area contributed by atoms with Crippen LogP contribution in [0.5, 0.6) is 11.5 Å². The third-order valence-electron chi connectivity index (χ3n) is 4.92. The second-order valence-electron chi connectivity index (χ2n) is 6.64. The van der Waals surface area contributed by atoms with Gasteiger partial charge < -0.3 is 18.8 Å². The maximum Gasteiger partial charge on any atom is 0.290 e. The van der Waals surface area contributed by atoms with E-state index in [0.29, 0.717) is 34.6 Å². The molecular weight excluding hydrogens is 438 g/mol. The molecule has 0 bridgehead atoms. The summed E-state index contributed by atoms with van der Waals surface area (Å²) in [6.07, 6.45) is 1.64. The number of fused-ring (bicyclic) bond motifs is 2. The van der Waals surface area contributed by atoms with Crippen molar-refractivity contribution >= 4 is 32.8 Å². The topological polar surface area (TPSA) is 69.0 Å². The van der Waals surface area contributed by atoms with Crippen LogP contribution in [0.3, 0.4) is 0 Å². The first-order valence-corrected chi connectivity index (χ1v) is 9.70. The summed E-state index contributed by atoms with van der Waals surface area (Å²) < 4.78 is 17.6. The quantitative estimate of drug-likeness (QED) is 0.536. The summed E-state index contributed by atoms with van der Waals surface area (Å²) in [5.41, 5.74) is 1.20. The van der Waals surface area contributed by atoms with Crippen molar-refractivity contribution in [1.82, 2.24) is 4.90 Å². The van der Waals surface area contributed by atoms with Gasteiger partial charge in [0.15, 0.2) is 16.9 Å². The standard InChI is InChI=1S/C22H18BrNO5/c1-4-9-28-16-7-5-12(10-17(16)27-3)19-18-20(25)14-11-13(23)6-8-15(14)29-21(18)22(26)24(19)2/h4-8,10-11,19H,1,9H2,2-3H3. The number of carbonyl (C=O) groups excluding carboxylic acids is 1. The summed E-state index contributed by atoms with van der Waals surface area (Å²) in [6, 6.07) is 9.91. The lowest BCUT2D eigenvalue weighted by atomic mass is 9.98. The monoisotopic (exact) mass is 455 g/mol. The van der Waals surface area contributed by atoms with Crippen LogP contribution in [-0.2, 0) is 0 Å². The second kappa shape index (κ2) is 7.40. The number of amides is 1. The number of halogens is 1. The van der Waals surface area contributed by atoms with E-state index in [1.807, 2.05) is 6.07 Å². The Balaban J connectivity index is 1.90. The number of benzene rings is 2. The number of hydrogen-bond acceptors (Lipinski definition) is 5. The number of hydrogen-bond donors (Lipinski definition) is 0. The van der Waals surface area contributed by atoms with Gasteiger partial charge in [-0.1, -0.05) is 34.7 Å². The van der Waals surface area contributed by atoms with E-state index in [2.05, 4.69) is 22.5 Å². The molecule has 3 aromatic rings. The van der Waals surface area contributed by atoms with Crippen LogP contribution in [0, 0.1) is 0 Å². The number of rotatable bonds is 5. The Morgan fingerprint density at radius 2 is 2.00 bits per heavy atom. The zero-order valence-electron chi connectivity index (χ0n) is 15.9. The van der Waals surface area contributed by atoms with Gasteiger partial charge in [-0.25, -0.2) is 0 Å². The summed E-state index contributed by atoms with van der Waals surface area (Å²) in [5.74, 6) is 0.797. The Morgan fingerprint density at radius 3 is 2.72 bits per heavy atom. The molecule has 1 aliphatic rings. The number of methoxy groups -OCH3 is 1. The van der Waals surface area contributed by atoms with E-state index in [0.717, 1.165) is 10.0 Å². The molecule has 148 valence electrons. The Morgan fingerprint density at radius 1 is 1.21 bits per heavy atom. The maximum absolute atomic E-state index is 13.3. The van der Waals surface area contributed by atoms with Gasteiger partial charge in [-0.05, 0) is 35.9 Å². The Hall–Kier alpha value is -3.06. The van der Waals surface area contributed by atoms with Crippen LogP contribution in [0.25, 0.3) is 11.0 Å². The summed E-state index contributed by atoms with van der Waals surface area (Å²) in [7, 11) is 3.19. The average molecular weight is 456 g/mol. The summed E-state index contributed by atoms with van der Waals surface area (Å²) in [6.45, 7) is 3.98. The molecule has 2 heterocycles. The zero-order valence-corrected chi connectivity index (χ0v) is 17.5. The van der Waals surface area contributed by atoms with Gasteiger partial charge >= 0.3 is 0 Å². The van der Waals surface area contributed by atoms with Crippen LogP contribution >= 0.6 is 15.9 Å². The lowest BCUT2D eigenvalue weighted by molar-refractivity contribution is 0.0771. The van der Waals surface area contributed by atoms with Gasteiger partial charge in [-0.3, -0.25) is 9.59 Å². The molecule has 4 rings (SSSR count). The molecule has 0 aliphatic carbocycles. The lowest BCUT2D eigenvalue weighted by Gasteiger charge is -2.21. The fourth-order valence-electron chi connectivity index (χ4n) is 3.57. The van der Waals surface area contributed by atoms with Crippen molar-refractivity contribution in [3.8, 4) is 11.5 Å². The minimum absolute atomic E-state index is 0.0725. The molecule has 29 heavy (non-hydrogen) atoms. The summed E-state index contributed by atoms with van der Waals surface area (Å²) >= 11 is 3.38. The molecule has 0 fully saturated rings. The van der Waals surface area contributed by atoms with Crippen LogP contribution < -0.4 is 14.9 Å². The fourth-order valence-corrected chi connectivity index (χ4v) is 3.93. The predicted octanol–water partition coefficient (Wildman–Crippen LogP) is 4.30. The van der Waals surface area contributed by atoms with Gasteiger partial charge in [0, 0.05) is 11.5 Å². The zero-order chi connectivity index (χ0) is 20.7. The van der Waals surface area contributed by atoms with Gasteiger partial charge in [0.05, 0.1) is 24.1 Å². The molecule has 6 nitrogen and oxygen atoms in total. The smallest absolute Gasteiger partial charge is 0.290 e. The van der Waals surface area contributed by atoms with Gasteiger partial charge in [0.1, 0.15) is 12.2 Å². The van der Waals surface area contributed by atoms with Gasteiger partial charge in [-0.15, -0.1) is 0 Å². The van der Waals surface area contributed by atoms with Crippen molar-refractivity contribution in [2.75, 3.05) is 20.8 Å². The summed E-state index contributed by atoms with van der Waals surface area (Å²) in [4.78, 5) is 27.6. The van der Waals surface area contributed by atoms with Crippen LogP contribution in [0.15, 0.2) is 62.7 Å². The first kappa shape index (κ1) is 19.3. The first-order valence-electron chi connectivity index (χ1n) is 8.91. The van der Waals surface area contributed by atoms with Crippen LogP contribution in [0.4, 0.5) is 0 Å². The highest BCUT2D eigenvalue weighted by atomic mass is 79.9. The van der Waals surface area contributed by atoms with Crippen LogP contribution in [0.1, 0.15) is 27.7 Å².